The molecular formula is C26H26F3N5O4. The Hall–Kier alpha value is -3.96. The van der Waals surface area contributed by atoms with Gasteiger partial charge in [-0.1, -0.05) is 35.5 Å². The molecule has 0 saturated carbocycles. The van der Waals surface area contributed by atoms with Gasteiger partial charge in [-0.05, 0) is 38.8 Å². The minimum absolute atomic E-state index is 0.151. The topological polar surface area (TPSA) is 102 Å². The summed E-state index contributed by atoms with van der Waals surface area (Å²) >= 11 is 0. The largest absolute Gasteiger partial charge is 0.471 e. The third-order valence-electron chi connectivity index (χ3n) is 6.56. The van der Waals surface area contributed by atoms with Crippen molar-refractivity contribution in [2.45, 2.75) is 57.5 Å². The van der Waals surface area contributed by atoms with Gasteiger partial charge in [-0.3, -0.25) is 9.78 Å². The first kappa shape index (κ1) is 25.7. The molecule has 38 heavy (non-hydrogen) atoms. The molecule has 4 heterocycles. The van der Waals surface area contributed by atoms with E-state index in [9.17, 15) is 22.8 Å². The van der Waals surface area contributed by atoms with Crippen molar-refractivity contribution in [1.29, 1.82) is 0 Å². The van der Waals surface area contributed by atoms with E-state index in [-0.39, 0.29) is 41.4 Å². The summed E-state index contributed by atoms with van der Waals surface area (Å²) in [6.45, 7) is 6.45. The van der Waals surface area contributed by atoms with E-state index in [2.05, 4.69) is 19.6 Å². The highest BCUT2D eigenvalue weighted by molar-refractivity contribution is 5.99. The molecular weight excluding hydrogens is 503 g/mol. The molecule has 9 nitrogen and oxygen atoms in total. The molecule has 2 atom stereocenters. The number of amides is 2. The molecule has 1 fully saturated rings. The fourth-order valence-electron chi connectivity index (χ4n) is 4.87. The zero-order valence-corrected chi connectivity index (χ0v) is 21.0. The molecule has 2 amide bonds. The maximum atomic E-state index is 13.6. The Morgan fingerprint density at radius 2 is 1.89 bits per heavy atom. The minimum atomic E-state index is -4.78. The second-order valence-electron chi connectivity index (χ2n) is 10.4. The van der Waals surface area contributed by atoms with Crippen molar-refractivity contribution in [3.63, 3.8) is 0 Å². The predicted molar refractivity (Wildman–Crippen MR) is 128 cm³/mol. The van der Waals surface area contributed by atoms with Crippen molar-refractivity contribution in [2.75, 3.05) is 13.1 Å². The molecule has 0 bridgehead atoms. The molecule has 5 rings (SSSR count). The molecule has 0 aliphatic carbocycles. The van der Waals surface area contributed by atoms with Gasteiger partial charge >= 0.3 is 18.2 Å². The van der Waals surface area contributed by atoms with Gasteiger partial charge in [-0.15, -0.1) is 0 Å². The Morgan fingerprint density at radius 3 is 2.55 bits per heavy atom. The molecule has 0 spiro atoms. The maximum absolute atomic E-state index is 13.6. The van der Waals surface area contributed by atoms with Gasteiger partial charge in [0.15, 0.2) is 0 Å². The number of fused-ring (bicyclic) bond motifs is 1. The van der Waals surface area contributed by atoms with Crippen molar-refractivity contribution in [1.82, 2.24) is 24.9 Å². The molecule has 0 N–H and O–H groups in total. The summed E-state index contributed by atoms with van der Waals surface area (Å²) in [6, 6.07) is 10.9. The predicted octanol–water partition coefficient (Wildman–Crippen LogP) is 4.90. The summed E-state index contributed by atoms with van der Waals surface area (Å²) in [4.78, 5) is 37.5. The van der Waals surface area contributed by atoms with Crippen LogP contribution >= 0.6 is 0 Å². The Labute approximate surface area is 216 Å². The van der Waals surface area contributed by atoms with Gasteiger partial charge in [0, 0.05) is 36.8 Å². The van der Waals surface area contributed by atoms with E-state index in [1.165, 1.54) is 12.3 Å². The first-order chi connectivity index (χ1) is 17.9. The third-order valence-corrected chi connectivity index (χ3v) is 6.56. The van der Waals surface area contributed by atoms with Crippen LogP contribution in [0.1, 0.15) is 60.6 Å². The highest BCUT2D eigenvalue weighted by atomic mass is 19.4. The average Bonchev–Trinajstić information content (AvgIpc) is 3.49. The molecule has 12 heteroatoms. The van der Waals surface area contributed by atoms with E-state index in [0.29, 0.717) is 25.2 Å². The third kappa shape index (κ3) is 5.07. The van der Waals surface area contributed by atoms with Gasteiger partial charge in [0.25, 0.3) is 5.91 Å². The number of nitrogens with zero attached hydrogens (tertiary/aromatic N) is 5. The van der Waals surface area contributed by atoms with Crippen LogP contribution in [0, 0.1) is 0 Å². The van der Waals surface area contributed by atoms with Crippen LogP contribution in [0.5, 0.6) is 0 Å². The second kappa shape index (κ2) is 9.41. The number of ether oxygens (including phenoxy) is 1. The lowest BCUT2D eigenvalue weighted by Crippen LogP contribution is -2.52. The lowest BCUT2D eigenvalue weighted by atomic mass is 9.85. The van der Waals surface area contributed by atoms with Gasteiger partial charge in [-0.25, -0.2) is 4.79 Å². The Kier molecular flexibility index (Phi) is 6.36. The van der Waals surface area contributed by atoms with Crippen LogP contribution in [-0.4, -0.2) is 61.7 Å². The standard InChI is InChI=1S/C26H26F3N5O4/c1-25(2,3)37-24(36)33-10-9-20(18(13-33)15-7-5-4-6-8-15)34-14-19-17(22(34)35)11-16(12-30-19)21-31-23(38-32-21)26(27,28)29/h4-8,11-12,18,20H,9-10,13-14H2,1-3H3/t18-,20+/m0/s1. The van der Waals surface area contributed by atoms with Gasteiger partial charge in [0.1, 0.15) is 5.60 Å². The van der Waals surface area contributed by atoms with Gasteiger partial charge < -0.3 is 19.1 Å². The van der Waals surface area contributed by atoms with E-state index >= 15 is 0 Å². The number of hydrogen-bond donors (Lipinski definition) is 0. The second-order valence-corrected chi connectivity index (χ2v) is 10.4. The lowest BCUT2D eigenvalue weighted by Gasteiger charge is -2.43. The number of alkyl halides is 3. The summed E-state index contributed by atoms with van der Waals surface area (Å²) in [5.41, 5.74) is 1.29. The fraction of sp³-hybridized carbons (Fsp3) is 0.423. The fourth-order valence-corrected chi connectivity index (χ4v) is 4.87. The van der Waals surface area contributed by atoms with Crippen LogP contribution in [0.4, 0.5) is 18.0 Å². The van der Waals surface area contributed by atoms with Crippen LogP contribution in [0.2, 0.25) is 0 Å². The van der Waals surface area contributed by atoms with Gasteiger partial charge in [0.05, 0.1) is 17.8 Å². The van der Waals surface area contributed by atoms with Crippen LogP contribution < -0.4 is 0 Å². The maximum Gasteiger partial charge on any atom is 0.471 e. The number of pyridine rings is 1. The monoisotopic (exact) mass is 529 g/mol. The van der Waals surface area contributed by atoms with E-state index in [1.54, 1.807) is 9.80 Å². The van der Waals surface area contributed by atoms with Gasteiger partial charge in [0.2, 0.25) is 5.82 Å². The number of piperidine rings is 1. The Balaban J connectivity index is 1.40. The molecule has 1 saturated heterocycles. The number of rotatable bonds is 3. The summed E-state index contributed by atoms with van der Waals surface area (Å²) in [7, 11) is 0. The lowest BCUT2D eigenvalue weighted by molar-refractivity contribution is -0.159. The van der Waals surface area contributed by atoms with Crippen molar-refractivity contribution in [2.24, 2.45) is 0 Å². The number of carbonyl (C=O) groups is 2. The Bertz CT molecular complexity index is 1350. The highest BCUT2D eigenvalue weighted by Gasteiger charge is 2.43. The quantitative estimate of drug-likeness (QED) is 0.476. The summed E-state index contributed by atoms with van der Waals surface area (Å²) < 4.78 is 48.6. The minimum Gasteiger partial charge on any atom is -0.444 e. The molecule has 2 aliphatic rings. The molecule has 2 aliphatic heterocycles. The average molecular weight is 530 g/mol. The molecule has 1 aromatic carbocycles. The Morgan fingerprint density at radius 1 is 1.16 bits per heavy atom. The zero-order valence-electron chi connectivity index (χ0n) is 21.0. The first-order valence-corrected chi connectivity index (χ1v) is 12.1. The van der Waals surface area contributed by atoms with Gasteiger partial charge in [-0.2, -0.15) is 18.2 Å². The number of halogens is 3. The van der Waals surface area contributed by atoms with E-state index in [0.717, 1.165) is 5.56 Å². The van der Waals surface area contributed by atoms with Crippen LogP contribution in [0.15, 0.2) is 47.1 Å². The van der Waals surface area contributed by atoms with Crippen molar-refractivity contribution < 1.29 is 32.0 Å². The summed E-state index contributed by atoms with van der Waals surface area (Å²) in [5, 5.41) is 3.39. The van der Waals surface area contributed by atoms with Crippen molar-refractivity contribution in [3.8, 4) is 11.4 Å². The van der Waals surface area contributed by atoms with E-state index < -0.39 is 23.8 Å². The van der Waals surface area contributed by atoms with Crippen molar-refractivity contribution in [3.05, 3.63) is 65.3 Å². The molecule has 0 unspecified atom stereocenters. The molecule has 0 radical (unpaired) electrons. The van der Waals surface area contributed by atoms with Crippen LogP contribution in [-0.2, 0) is 17.5 Å². The normalized spacial score (nSPS) is 20.0. The zero-order chi connectivity index (χ0) is 27.2. The molecule has 200 valence electrons. The first-order valence-electron chi connectivity index (χ1n) is 12.1. The highest BCUT2D eigenvalue weighted by Crippen LogP contribution is 2.37. The van der Waals surface area contributed by atoms with Crippen LogP contribution in [0.25, 0.3) is 11.4 Å². The smallest absolute Gasteiger partial charge is 0.444 e. The number of aromatic nitrogens is 3. The number of benzene rings is 1. The van der Waals surface area contributed by atoms with Crippen LogP contribution in [0.3, 0.4) is 0 Å². The van der Waals surface area contributed by atoms with E-state index in [4.69, 9.17) is 4.74 Å². The number of likely N-dealkylation sites (tertiary alicyclic amines) is 1. The van der Waals surface area contributed by atoms with E-state index in [1.807, 2.05) is 51.1 Å². The SMILES string of the molecule is CC(C)(C)OC(=O)N1CC[C@@H](N2Cc3ncc(-c4noc(C(F)(F)F)n4)cc3C2=O)[C@H](c2ccccc2)C1. The molecule has 3 aromatic rings. The number of carbonyl (C=O) groups excluding carboxylic acids is 2. The molecule has 2 aromatic heterocycles. The van der Waals surface area contributed by atoms with Crippen molar-refractivity contribution >= 4 is 12.0 Å². The number of hydrogen-bond acceptors (Lipinski definition) is 7. The summed E-state index contributed by atoms with van der Waals surface area (Å²) in [5.74, 6) is -2.23. The summed E-state index contributed by atoms with van der Waals surface area (Å²) in [6.07, 6.45) is -3.33.